The van der Waals surface area contributed by atoms with Crippen LogP contribution in [0.4, 0.5) is 5.69 Å². The molecular weight excluding hydrogens is 276 g/mol. The second-order valence-corrected chi connectivity index (χ2v) is 5.86. The first kappa shape index (κ1) is 12.7. The topological polar surface area (TPSA) is 15.6 Å². The van der Waals surface area contributed by atoms with Crippen LogP contribution in [-0.2, 0) is 0 Å². The zero-order valence-electron chi connectivity index (χ0n) is 10.7. The average molecular weight is 291 g/mol. The van der Waals surface area contributed by atoms with Gasteiger partial charge in [-0.2, -0.15) is 0 Å². The van der Waals surface area contributed by atoms with E-state index < -0.39 is 0 Å². The van der Waals surface area contributed by atoms with Gasteiger partial charge in [0.2, 0.25) is 0 Å². The van der Waals surface area contributed by atoms with Crippen molar-refractivity contribution in [2.24, 2.45) is 4.99 Å². The molecule has 0 spiro atoms. The average Bonchev–Trinajstić information content (AvgIpc) is 2.93. The molecule has 1 aromatic heterocycles. The van der Waals surface area contributed by atoms with Gasteiger partial charge in [-0.05, 0) is 17.5 Å². The van der Waals surface area contributed by atoms with Crippen LogP contribution >= 0.6 is 22.9 Å². The molecule has 1 aliphatic heterocycles. The standard InChI is InChI=1S/C15H15ClN2S/c1-18-11(9-16)10-17-15(14-7-4-8-19-14)12-5-2-3-6-13(12)18/h2-8,11H,9-10H2,1H3. The van der Waals surface area contributed by atoms with Gasteiger partial charge in [0, 0.05) is 24.2 Å². The SMILES string of the molecule is CN1c2ccccc2C(c2cccs2)=NCC1CCl. The minimum atomic E-state index is 0.250. The summed E-state index contributed by atoms with van der Waals surface area (Å²) >= 11 is 7.81. The number of hydrogen-bond acceptors (Lipinski definition) is 3. The molecule has 0 N–H and O–H groups in total. The number of benzene rings is 1. The number of fused-ring (bicyclic) bond motifs is 1. The van der Waals surface area contributed by atoms with Crippen LogP contribution in [0.15, 0.2) is 46.8 Å². The Labute approximate surface area is 122 Å². The number of rotatable bonds is 2. The van der Waals surface area contributed by atoms with Crippen molar-refractivity contribution in [1.82, 2.24) is 0 Å². The largest absolute Gasteiger partial charge is 0.368 e. The van der Waals surface area contributed by atoms with Gasteiger partial charge in [-0.3, -0.25) is 4.99 Å². The van der Waals surface area contributed by atoms with E-state index in [-0.39, 0.29) is 6.04 Å². The van der Waals surface area contributed by atoms with Crippen molar-refractivity contribution >= 4 is 34.3 Å². The number of aliphatic imine (C=N–C) groups is 1. The number of benzodiazepines with no additional fused rings is 1. The van der Waals surface area contributed by atoms with Crippen LogP contribution in [0.25, 0.3) is 0 Å². The van der Waals surface area contributed by atoms with Crippen molar-refractivity contribution in [2.75, 3.05) is 24.4 Å². The first-order valence-electron chi connectivity index (χ1n) is 6.28. The molecule has 1 aromatic carbocycles. The van der Waals surface area contributed by atoms with Gasteiger partial charge in [0.1, 0.15) is 0 Å². The van der Waals surface area contributed by atoms with E-state index in [9.17, 15) is 0 Å². The minimum Gasteiger partial charge on any atom is -0.368 e. The number of hydrogen-bond donors (Lipinski definition) is 0. The monoisotopic (exact) mass is 290 g/mol. The molecule has 0 saturated heterocycles. The third-order valence-corrected chi connectivity index (χ3v) is 4.71. The second kappa shape index (κ2) is 5.35. The quantitative estimate of drug-likeness (QED) is 0.771. The fraction of sp³-hybridized carbons (Fsp3) is 0.267. The molecule has 2 heterocycles. The summed E-state index contributed by atoms with van der Waals surface area (Å²) in [7, 11) is 2.10. The second-order valence-electron chi connectivity index (χ2n) is 4.60. The van der Waals surface area contributed by atoms with E-state index in [0.717, 1.165) is 12.3 Å². The van der Waals surface area contributed by atoms with Crippen LogP contribution in [0.1, 0.15) is 10.4 Å². The first-order valence-corrected chi connectivity index (χ1v) is 7.69. The summed E-state index contributed by atoms with van der Waals surface area (Å²) < 4.78 is 0. The third kappa shape index (κ3) is 2.28. The van der Waals surface area contributed by atoms with Crippen LogP contribution in [0.3, 0.4) is 0 Å². The molecule has 98 valence electrons. The van der Waals surface area contributed by atoms with Crippen LogP contribution in [-0.4, -0.2) is 31.2 Å². The molecule has 0 bridgehead atoms. The predicted molar refractivity (Wildman–Crippen MR) is 84.2 cm³/mol. The molecule has 2 nitrogen and oxygen atoms in total. The number of halogens is 1. The minimum absolute atomic E-state index is 0.250. The van der Waals surface area contributed by atoms with E-state index in [4.69, 9.17) is 16.6 Å². The first-order chi connectivity index (χ1) is 9.31. The highest BCUT2D eigenvalue weighted by Crippen LogP contribution is 2.29. The van der Waals surface area contributed by atoms with E-state index in [1.807, 2.05) is 0 Å². The molecule has 0 fully saturated rings. The van der Waals surface area contributed by atoms with E-state index in [0.29, 0.717) is 5.88 Å². The van der Waals surface area contributed by atoms with Crippen LogP contribution in [0, 0.1) is 0 Å². The molecule has 0 aliphatic carbocycles. The van der Waals surface area contributed by atoms with Crippen molar-refractivity contribution in [3.63, 3.8) is 0 Å². The van der Waals surface area contributed by atoms with E-state index in [1.54, 1.807) is 11.3 Å². The van der Waals surface area contributed by atoms with E-state index in [2.05, 4.69) is 53.7 Å². The smallest absolute Gasteiger partial charge is 0.0840 e. The lowest BCUT2D eigenvalue weighted by molar-refractivity contribution is 0.708. The number of nitrogens with zero attached hydrogens (tertiary/aromatic N) is 2. The van der Waals surface area contributed by atoms with E-state index >= 15 is 0 Å². The van der Waals surface area contributed by atoms with Crippen LogP contribution in [0.5, 0.6) is 0 Å². The maximum Gasteiger partial charge on any atom is 0.0840 e. The molecule has 0 radical (unpaired) electrons. The summed E-state index contributed by atoms with van der Waals surface area (Å²) in [4.78, 5) is 8.27. The third-order valence-electron chi connectivity index (χ3n) is 3.48. The number of thiophene rings is 1. The molecular formula is C15H15ClN2S. The lowest BCUT2D eigenvalue weighted by Gasteiger charge is -2.26. The predicted octanol–water partition coefficient (Wildman–Crippen LogP) is 3.64. The van der Waals surface area contributed by atoms with Crippen LogP contribution < -0.4 is 4.90 Å². The number of likely N-dealkylation sites (N-methyl/N-ethyl adjacent to an activating group) is 1. The summed E-state index contributed by atoms with van der Waals surface area (Å²) in [5.41, 5.74) is 3.49. The van der Waals surface area contributed by atoms with Gasteiger partial charge in [0.25, 0.3) is 0 Å². The fourth-order valence-corrected chi connectivity index (χ4v) is 3.41. The zero-order valence-corrected chi connectivity index (χ0v) is 12.3. The lowest BCUT2D eigenvalue weighted by atomic mass is 10.1. The molecule has 1 aliphatic rings. The van der Waals surface area contributed by atoms with Gasteiger partial charge in [0.05, 0.1) is 23.2 Å². The lowest BCUT2D eigenvalue weighted by Crippen LogP contribution is -2.35. The van der Waals surface area contributed by atoms with Crippen molar-refractivity contribution in [3.8, 4) is 0 Å². The molecule has 0 amide bonds. The fourth-order valence-electron chi connectivity index (χ4n) is 2.36. The Kier molecular flexibility index (Phi) is 3.58. The molecule has 2 aromatic rings. The van der Waals surface area contributed by atoms with Crippen molar-refractivity contribution in [2.45, 2.75) is 6.04 Å². The van der Waals surface area contributed by atoms with Crippen LogP contribution in [0.2, 0.25) is 0 Å². The van der Waals surface area contributed by atoms with Gasteiger partial charge in [-0.15, -0.1) is 22.9 Å². The highest BCUT2D eigenvalue weighted by Gasteiger charge is 2.23. The van der Waals surface area contributed by atoms with Gasteiger partial charge < -0.3 is 4.90 Å². The van der Waals surface area contributed by atoms with Crippen molar-refractivity contribution in [3.05, 3.63) is 52.2 Å². The molecule has 0 saturated carbocycles. The van der Waals surface area contributed by atoms with Crippen molar-refractivity contribution < 1.29 is 0 Å². The maximum absolute atomic E-state index is 6.08. The summed E-state index contributed by atoms with van der Waals surface area (Å²) in [5, 5.41) is 2.09. The molecule has 4 heteroatoms. The summed E-state index contributed by atoms with van der Waals surface area (Å²) in [6, 6.07) is 12.9. The highest BCUT2D eigenvalue weighted by molar-refractivity contribution is 7.12. The Bertz CT molecular complexity index is 592. The number of anilines is 1. The Morgan fingerprint density at radius 3 is 2.89 bits per heavy atom. The maximum atomic E-state index is 6.08. The summed E-state index contributed by atoms with van der Waals surface area (Å²) in [5.74, 6) is 0.589. The molecule has 1 atom stereocenters. The molecule has 3 rings (SSSR count). The Balaban J connectivity index is 2.15. The Hall–Kier alpha value is -1.32. The summed E-state index contributed by atoms with van der Waals surface area (Å²) in [6.45, 7) is 0.738. The van der Waals surface area contributed by atoms with Gasteiger partial charge in [-0.25, -0.2) is 0 Å². The molecule has 1 unspecified atom stereocenters. The Morgan fingerprint density at radius 1 is 1.32 bits per heavy atom. The number of alkyl halides is 1. The normalized spacial score (nSPS) is 18.7. The van der Waals surface area contributed by atoms with Gasteiger partial charge in [-0.1, -0.05) is 24.3 Å². The van der Waals surface area contributed by atoms with Gasteiger partial charge >= 0.3 is 0 Å². The summed E-state index contributed by atoms with van der Waals surface area (Å²) in [6.07, 6.45) is 0. The highest BCUT2D eigenvalue weighted by atomic mass is 35.5. The Morgan fingerprint density at radius 2 is 2.16 bits per heavy atom. The zero-order chi connectivity index (χ0) is 13.2. The van der Waals surface area contributed by atoms with Gasteiger partial charge in [0.15, 0.2) is 0 Å². The van der Waals surface area contributed by atoms with Crippen molar-refractivity contribution in [1.29, 1.82) is 0 Å². The number of para-hydroxylation sites is 1. The van der Waals surface area contributed by atoms with E-state index in [1.165, 1.54) is 16.1 Å². The molecule has 19 heavy (non-hydrogen) atoms.